The number of rotatable bonds is 9. The lowest BCUT2D eigenvalue weighted by atomic mass is 10.0. The standard InChI is InChI=1S/C32H40N2O8/c1-30(2,3)41-27(37)32(15-16-32)19-34(29(39)42-31(4,5)6)25-17-24(25)21-9-7-20(8-10-21)18-40-28(38)33-23-13-11-22(12-14-23)26(35)36/h7-14,24-25H,15-19H2,1-6H3,(H,33,38)(H,35,36)/t24-,25+/m1/s1. The predicted octanol–water partition coefficient (Wildman–Crippen LogP) is 6.35. The number of aromatic carboxylic acids is 1. The molecule has 42 heavy (non-hydrogen) atoms. The number of nitrogens with one attached hydrogen (secondary N) is 1. The van der Waals surface area contributed by atoms with Crippen molar-refractivity contribution in [2.75, 3.05) is 11.9 Å². The summed E-state index contributed by atoms with van der Waals surface area (Å²) in [5, 5.41) is 11.6. The molecule has 2 aromatic carbocycles. The lowest BCUT2D eigenvalue weighted by molar-refractivity contribution is -0.162. The Kier molecular flexibility index (Phi) is 8.57. The Labute approximate surface area is 246 Å². The molecule has 10 heteroatoms. The second kappa shape index (κ2) is 11.7. The largest absolute Gasteiger partial charge is 0.478 e. The maximum absolute atomic E-state index is 13.3. The zero-order chi connectivity index (χ0) is 30.9. The van der Waals surface area contributed by atoms with E-state index in [0.717, 1.165) is 17.5 Å². The van der Waals surface area contributed by atoms with Gasteiger partial charge in [0.2, 0.25) is 0 Å². The molecule has 2 N–H and O–H groups in total. The van der Waals surface area contributed by atoms with E-state index in [4.69, 9.17) is 19.3 Å². The van der Waals surface area contributed by atoms with Crippen molar-refractivity contribution >= 4 is 29.8 Å². The summed E-state index contributed by atoms with van der Waals surface area (Å²) in [7, 11) is 0. The smallest absolute Gasteiger partial charge is 0.411 e. The van der Waals surface area contributed by atoms with Crippen molar-refractivity contribution in [3.63, 3.8) is 0 Å². The number of ether oxygens (including phenoxy) is 3. The zero-order valence-corrected chi connectivity index (χ0v) is 25.1. The average Bonchev–Trinajstić information content (AvgIpc) is 3.80. The van der Waals surface area contributed by atoms with E-state index in [1.165, 1.54) is 24.3 Å². The summed E-state index contributed by atoms with van der Waals surface area (Å²) in [5.74, 6) is -1.22. The summed E-state index contributed by atoms with van der Waals surface area (Å²) in [6.07, 6.45) is 1.01. The molecule has 0 radical (unpaired) electrons. The van der Waals surface area contributed by atoms with Crippen LogP contribution < -0.4 is 5.32 Å². The molecule has 0 aromatic heterocycles. The Morgan fingerprint density at radius 1 is 0.905 bits per heavy atom. The summed E-state index contributed by atoms with van der Waals surface area (Å²) in [6.45, 7) is 11.3. The fraction of sp³-hybridized carbons (Fsp3) is 0.500. The van der Waals surface area contributed by atoms with Gasteiger partial charge in [0.15, 0.2) is 0 Å². The first-order chi connectivity index (χ1) is 19.6. The van der Waals surface area contributed by atoms with Gasteiger partial charge in [0, 0.05) is 24.2 Å². The second-order valence-electron chi connectivity index (χ2n) is 13.1. The lowest BCUT2D eigenvalue weighted by Gasteiger charge is -2.31. The maximum atomic E-state index is 13.3. The Hall–Kier alpha value is -4.08. The van der Waals surface area contributed by atoms with E-state index in [1.54, 1.807) is 4.90 Å². The SMILES string of the molecule is CC(C)(C)OC(=O)N(CC1(C(=O)OC(C)(C)C)CC1)[C@H]1C[C@@H]1c1ccc(COC(=O)Nc2ccc(C(=O)O)cc2)cc1. The van der Waals surface area contributed by atoms with Gasteiger partial charge in [0.25, 0.3) is 0 Å². The zero-order valence-electron chi connectivity index (χ0n) is 25.1. The monoisotopic (exact) mass is 580 g/mol. The van der Waals surface area contributed by atoms with Crippen molar-refractivity contribution in [2.45, 2.75) is 90.6 Å². The Morgan fingerprint density at radius 3 is 2.02 bits per heavy atom. The van der Waals surface area contributed by atoms with Crippen LogP contribution in [0.4, 0.5) is 15.3 Å². The Bertz CT molecular complexity index is 1320. The van der Waals surface area contributed by atoms with Crippen LogP contribution in [-0.2, 0) is 25.6 Å². The van der Waals surface area contributed by atoms with Crippen molar-refractivity contribution in [3.8, 4) is 0 Å². The molecule has 2 aliphatic carbocycles. The molecule has 0 saturated heterocycles. The Balaban J connectivity index is 1.35. The minimum absolute atomic E-state index is 0.0514. The molecule has 0 heterocycles. The van der Waals surface area contributed by atoms with Crippen LogP contribution in [0.15, 0.2) is 48.5 Å². The van der Waals surface area contributed by atoms with Gasteiger partial charge in [-0.3, -0.25) is 10.1 Å². The molecule has 2 aliphatic rings. The van der Waals surface area contributed by atoms with E-state index in [1.807, 2.05) is 65.8 Å². The van der Waals surface area contributed by atoms with Crippen LogP contribution in [0.5, 0.6) is 0 Å². The maximum Gasteiger partial charge on any atom is 0.411 e. The average molecular weight is 581 g/mol. The quantitative estimate of drug-likeness (QED) is 0.259. The van der Waals surface area contributed by atoms with E-state index < -0.39 is 34.8 Å². The minimum Gasteiger partial charge on any atom is -0.478 e. The molecule has 4 rings (SSSR count). The molecule has 2 fully saturated rings. The Morgan fingerprint density at radius 2 is 1.50 bits per heavy atom. The van der Waals surface area contributed by atoms with Crippen molar-refractivity contribution in [2.24, 2.45) is 5.41 Å². The summed E-state index contributed by atoms with van der Waals surface area (Å²) in [6, 6.07) is 13.3. The van der Waals surface area contributed by atoms with Crippen LogP contribution in [-0.4, -0.2) is 57.9 Å². The molecule has 2 atom stereocenters. The van der Waals surface area contributed by atoms with E-state index in [2.05, 4.69) is 5.32 Å². The normalized spacial score (nSPS) is 18.8. The third-order valence-corrected chi connectivity index (χ3v) is 7.10. The predicted molar refractivity (Wildman–Crippen MR) is 155 cm³/mol. The van der Waals surface area contributed by atoms with Crippen LogP contribution in [0, 0.1) is 5.41 Å². The van der Waals surface area contributed by atoms with E-state index in [-0.39, 0.29) is 36.6 Å². The van der Waals surface area contributed by atoms with Crippen molar-refractivity contribution < 1.29 is 38.5 Å². The first-order valence-corrected chi connectivity index (χ1v) is 14.1. The van der Waals surface area contributed by atoms with Gasteiger partial charge in [-0.15, -0.1) is 0 Å². The number of carbonyl (C=O) groups is 4. The molecular formula is C32H40N2O8. The number of hydrogen-bond acceptors (Lipinski definition) is 7. The third-order valence-electron chi connectivity index (χ3n) is 7.10. The molecule has 10 nitrogen and oxygen atoms in total. The van der Waals surface area contributed by atoms with Gasteiger partial charge in [0.05, 0.1) is 11.0 Å². The molecule has 0 spiro atoms. The summed E-state index contributed by atoms with van der Waals surface area (Å²) in [5.41, 5.74) is 0.409. The highest BCUT2D eigenvalue weighted by atomic mass is 16.6. The first-order valence-electron chi connectivity index (χ1n) is 14.1. The number of amides is 2. The van der Waals surface area contributed by atoms with Crippen molar-refractivity contribution in [3.05, 3.63) is 65.2 Å². The number of carbonyl (C=O) groups excluding carboxylic acids is 3. The molecule has 2 aromatic rings. The number of esters is 1. The minimum atomic E-state index is -1.05. The van der Waals surface area contributed by atoms with Crippen molar-refractivity contribution in [1.82, 2.24) is 4.90 Å². The molecule has 0 bridgehead atoms. The van der Waals surface area contributed by atoms with Crippen LogP contribution >= 0.6 is 0 Å². The highest BCUT2D eigenvalue weighted by Gasteiger charge is 2.57. The number of benzene rings is 2. The topological polar surface area (TPSA) is 131 Å². The number of carboxylic acids is 1. The highest BCUT2D eigenvalue weighted by Crippen LogP contribution is 2.52. The lowest BCUT2D eigenvalue weighted by Crippen LogP contribution is -2.45. The second-order valence-corrected chi connectivity index (χ2v) is 13.1. The van der Waals surface area contributed by atoms with Crippen LogP contribution in [0.3, 0.4) is 0 Å². The summed E-state index contributed by atoms with van der Waals surface area (Å²) < 4.78 is 16.7. The van der Waals surface area contributed by atoms with Gasteiger partial charge in [0.1, 0.15) is 17.8 Å². The molecule has 0 aliphatic heterocycles. The number of nitrogens with zero attached hydrogens (tertiary/aromatic N) is 1. The fourth-order valence-electron chi connectivity index (χ4n) is 4.67. The van der Waals surface area contributed by atoms with Crippen LogP contribution in [0.2, 0.25) is 0 Å². The van der Waals surface area contributed by atoms with E-state index in [9.17, 15) is 19.2 Å². The van der Waals surface area contributed by atoms with E-state index in [0.29, 0.717) is 18.5 Å². The highest BCUT2D eigenvalue weighted by molar-refractivity contribution is 5.89. The van der Waals surface area contributed by atoms with Gasteiger partial charge in [-0.05, 0) is 96.2 Å². The third kappa shape index (κ3) is 8.24. The fourth-order valence-corrected chi connectivity index (χ4v) is 4.67. The van der Waals surface area contributed by atoms with Gasteiger partial charge < -0.3 is 24.2 Å². The van der Waals surface area contributed by atoms with Gasteiger partial charge >= 0.3 is 24.1 Å². The molecule has 2 saturated carbocycles. The number of hydrogen-bond donors (Lipinski definition) is 2. The van der Waals surface area contributed by atoms with Crippen LogP contribution in [0.1, 0.15) is 88.2 Å². The van der Waals surface area contributed by atoms with Crippen LogP contribution in [0.25, 0.3) is 0 Å². The molecule has 0 unspecified atom stereocenters. The summed E-state index contributed by atoms with van der Waals surface area (Å²) >= 11 is 0. The van der Waals surface area contributed by atoms with E-state index >= 15 is 0 Å². The van der Waals surface area contributed by atoms with Gasteiger partial charge in [-0.2, -0.15) is 0 Å². The molecular weight excluding hydrogens is 540 g/mol. The molecule has 226 valence electrons. The van der Waals surface area contributed by atoms with Crippen molar-refractivity contribution in [1.29, 1.82) is 0 Å². The van der Waals surface area contributed by atoms with Gasteiger partial charge in [-0.1, -0.05) is 24.3 Å². The number of anilines is 1. The van der Waals surface area contributed by atoms with Gasteiger partial charge in [-0.25, -0.2) is 14.4 Å². The molecule has 2 amide bonds. The summed E-state index contributed by atoms with van der Waals surface area (Å²) in [4.78, 5) is 51.1. The number of carboxylic acid groups (broad SMARTS) is 1. The first kappa shape index (κ1) is 30.9.